The normalized spacial score (nSPS) is 22.2. The van der Waals surface area contributed by atoms with Gasteiger partial charge < -0.3 is 14.9 Å². The Morgan fingerprint density at radius 3 is 2.68 bits per heavy atom. The Bertz CT molecular complexity index is 813. The minimum atomic E-state index is -0.779. The van der Waals surface area contributed by atoms with Gasteiger partial charge in [0.1, 0.15) is 0 Å². The molecule has 2 fully saturated rings. The third-order valence-corrected chi connectivity index (χ3v) is 6.27. The maximum atomic E-state index is 11.2. The molecule has 0 aromatic carbocycles. The van der Waals surface area contributed by atoms with Gasteiger partial charge in [0.05, 0.1) is 11.9 Å². The maximum Gasteiger partial charge on any atom is 0.407 e. The van der Waals surface area contributed by atoms with Crippen molar-refractivity contribution in [3.63, 3.8) is 0 Å². The highest BCUT2D eigenvalue weighted by Crippen LogP contribution is 2.35. The molecule has 2 saturated heterocycles. The topological polar surface area (TPSA) is 74.5 Å². The summed E-state index contributed by atoms with van der Waals surface area (Å²) >= 11 is 0. The molecule has 4 rings (SSSR count). The summed E-state index contributed by atoms with van der Waals surface area (Å²) in [5, 5.41) is 13.5. The second-order valence-corrected chi connectivity index (χ2v) is 8.01. The zero-order valence-electron chi connectivity index (χ0n) is 16.5. The van der Waals surface area contributed by atoms with Crippen molar-refractivity contribution >= 4 is 6.09 Å². The molecule has 2 aliphatic rings. The van der Waals surface area contributed by atoms with Gasteiger partial charge in [-0.2, -0.15) is 5.10 Å². The van der Waals surface area contributed by atoms with Crippen LogP contribution in [0.5, 0.6) is 0 Å². The summed E-state index contributed by atoms with van der Waals surface area (Å²) in [4.78, 5) is 20.1. The van der Waals surface area contributed by atoms with Gasteiger partial charge in [-0.1, -0.05) is 6.07 Å². The van der Waals surface area contributed by atoms with E-state index in [2.05, 4.69) is 21.0 Å². The van der Waals surface area contributed by atoms with Gasteiger partial charge in [-0.3, -0.25) is 9.67 Å². The molecule has 0 bridgehead atoms. The number of aryl methyl sites for hydroxylation is 1. The lowest BCUT2D eigenvalue weighted by molar-refractivity contribution is 0.131. The van der Waals surface area contributed by atoms with Crippen molar-refractivity contribution < 1.29 is 9.90 Å². The summed E-state index contributed by atoms with van der Waals surface area (Å²) in [6.45, 7) is 3.48. The van der Waals surface area contributed by atoms with E-state index in [1.807, 2.05) is 36.4 Å². The predicted octanol–water partition coefficient (Wildman–Crippen LogP) is 3.19. The average molecular weight is 383 g/mol. The molecule has 2 aromatic rings. The van der Waals surface area contributed by atoms with Crippen molar-refractivity contribution in [2.75, 3.05) is 26.2 Å². The number of hydrogen-bond acceptors (Lipinski definition) is 4. The molecular formula is C21H29N5O2. The number of aromatic nitrogens is 3. The first-order chi connectivity index (χ1) is 13.6. The lowest BCUT2D eigenvalue weighted by Crippen LogP contribution is -2.41. The molecule has 1 N–H and O–H groups in total. The van der Waals surface area contributed by atoms with Crippen molar-refractivity contribution in [2.24, 2.45) is 7.05 Å². The van der Waals surface area contributed by atoms with Crippen LogP contribution in [0.2, 0.25) is 0 Å². The molecule has 0 saturated carbocycles. The largest absolute Gasteiger partial charge is 0.465 e. The van der Waals surface area contributed by atoms with Crippen LogP contribution in [0.1, 0.15) is 43.6 Å². The molecule has 7 heteroatoms. The van der Waals surface area contributed by atoms with Gasteiger partial charge in [-0.05, 0) is 62.7 Å². The van der Waals surface area contributed by atoms with Crippen molar-refractivity contribution in [1.82, 2.24) is 24.6 Å². The number of likely N-dealkylation sites (tertiary alicyclic amines) is 2. The number of carboxylic acid groups (broad SMARTS) is 1. The summed E-state index contributed by atoms with van der Waals surface area (Å²) in [6, 6.07) is 4.76. The second kappa shape index (κ2) is 8.31. The predicted molar refractivity (Wildman–Crippen MR) is 107 cm³/mol. The molecule has 0 aliphatic carbocycles. The van der Waals surface area contributed by atoms with E-state index in [0.29, 0.717) is 25.0 Å². The summed E-state index contributed by atoms with van der Waals surface area (Å²) < 4.78 is 1.82. The number of nitrogens with zero attached hydrogens (tertiary/aromatic N) is 5. The van der Waals surface area contributed by atoms with E-state index in [1.54, 1.807) is 4.90 Å². The van der Waals surface area contributed by atoms with E-state index < -0.39 is 6.09 Å². The monoisotopic (exact) mass is 383 g/mol. The first kappa shape index (κ1) is 18.9. The van der Waals surface area contributed by atoms with Gasteiger partial charge in [0.25, 0.3) is 0 Å². The fourth-order valence-electron chi connectivity index (χ4n) is 4.74. The lowest BCUT2D eigenvalue weighted by Gasteiger charge is -2.37. The van der Waals surface area contributed by atoms with E-state index in [4.69, 9.17) is 0 Å². The maximum absolute atomic E-state index is 11.2. The number of piperidine rings is 1. The first-order valence-electron chi connectivity index (χ1n) is 10.3. The molecule has 7 nitrogen and oxygen atoms in total. The fraction of sp³-hybridized carbons (Fsp3) is 0.571. The number of hydrogen-bond donors (Lipinski definition) is 1. The van der Waals surface area contributed by atoms with Crippen LogP contribution >= 0.6 is 0 Å². The Morgan fingerprint density at radius 2 is 1.96 bits per heavy atom. The van der Waals surface area contributed by atoms with Crippen LogP contribution in [0.25, 0.3) is 11.3 Å². The van der Waals surface area contributed by atoms with Gasteiger partial charge in [0.2, 0.25) is 0 Å². The molecule has 1 atom stereocenters. The zero-order valence-corrected chi connectivity index (χ0v) is 16.5. The minimum absolute atomic E-state index is 0.511. The molecule has 2 aliphatic heterocycles. The van der Waals surface area contributed by atoms with Gasteiger partial charge in [-0.15, -0.1) is 0 Å². The molecule has 0 spiro atoms. The van der Waals surface area contributed by atoms with Crippen LogP contribution in [0.4, 0.5) is 4.79 Å². The smallest absolute Gasteiger partial charge is 0.407 e. The summed E-state index contributed by atoms with van der Waals surface area (Å²) in [7, 11) is 1.93. The molecular weight excluding hydrogens is 354 g/mol. The van der Waals surface area contributed by atoms with Crippen LogP contribution in [0, 0.1) is 0 Å². The van der Waals surface area contributed by atoms with Crippen LogP contribution in [0.3, 0.4) is 0 Å². The summed E-state index contributed by atoms with van der Waals surface area (Å²) in [5.74, 6) is 0.515. The third kappa shape index (κ3) is 4.04. The summed E-state index contributed by atoms with van der Waals surface area (Å²) in [5.41, 5.74) is 3.46. The molecule has 1 amide bonds. The lowest BCUT2D eigenvalue weighted by atomic mass is 9.86. The molecule has 150 valence electrons. The second-order valence-electron chi connectivity index (χ2n) is 8.01. The molecule has 1 unspecified atom stereocenters. The van der Waals surface area contributed by atoms with E-state index in [1.165, 1.54) is 5.56 Å². The number of amides is 1. The van der Waals surface area contributed by atoms with Crippen LogP contribution in [-0.4, -0.2) is 68.0 Å². The zero-order chi connectivity index (χ0) is 19.5. The third-order valence-electron chi connectivity index (χ3n) is 6.27. The quantitative estimate of drug-likeness (QED) is 0.881. The van der Waals surface area contributed by atoms with Crippen molar-refractivity contribution in [3.05, 3.63) is 36.3 Å². The van der Waals surface area contributed by atoms with E-state index in [9.17, 15) is 9.90 Å². The van der Waals surface area contributed by atoms with Gasteiger partial charge in [0.15, 0.2) is 0 Å². The number of carbonyl (C=O) groups is 1. The molecule has 2 aromatic heterocycles. The standard InChI is InChI=1S/C21H29N5O2/c1-24-15-17(14-23-24)20-19(5-2-9-22-20)16-6-11-25(12-7-16)18-4-3-10-26(13-8-18)21(27)28/h2,5,9,14-16,18H,3-4,6-8,10-13H2,1H3,(H,27,28). The van der Waals surface area contributed by atoms with Crippen LogP contribution in [0.15, 0.2) is 30.7 Å². The van der Waals surface area contributed by atoms with E-state index >= 15 is 0 Å². The summed E-state index contributed by atoms with van der Waals surface area (Å²) in [6.07, 6.45) is 10.3. The molecule has 4 heterocycles. The van der Waals surface area contributed by atoms with Gasteiger partial charge in [0, 0.05) is 44.1 Å². The molecule has 28 heavy (non-hydrogen) atoms. The Hall–Kier alpha value is -2.41. The highest BCUT2D eigenvalue weighted by atomic mass is 16.4. The Labute approximate surface area is 166 Å². The van der Waals surface area contributed by atoms with E-state index in [-0.39, 0.29) is 0 Å². The SMILES string of the molecule is Cn1cc(-c2ncccc2C2CCN(C3CCCN(C(=O)O)CC3)CC2)cn1. The van der Waals surface area contributed by atoms with Crippen molar-refractivity contribution in [1.29, 1.82) is 0 Å². The van der Waals surface area contributed by atoms with E-state index in [0.717, 1.165) is 56.5 Å². The minimum Gasteiger partial charge on any atom is -0.465 e. The fourth-order valence-corrected chi connectivity index (χ4v) is 4.74. The first-order valence-corrected chi connectivity index (χ1v) is 10.3. The van der Waals surface area contributed by atoms with Crippen molar-refractivity contribution in [3.8, 4) is 11.3 Å². The average Bonchev–Trinajstić information content (AvgIpc) is 2.99. The van der Waals surface area contributed by atoms with Crippen LogP contribution in [-0.2, 0) is 7.05 Å². The van der Waals surface area contributed by atoms with Gasteiger partial charge in [-0.25, -0.2) is 4.79 Å². The Balaban J connectivity index is 1.41. The number of rotatable bonds is 3. The van der Waals surface area contributed by atoms with Crippen molar-refractivity contribution in [2.45, 2.75) is 44.1 Å². The van der Waals surface area contributed by atoms with Gasteiger partial charge >= 0.3 is 6.09 Å². The highest BCUT2D eigenvalue weighted by Gasteiger charge is 2.29. The number of pyridine rings is 1. The molecule has 0 radical (unpaired) electrons. The van der Waals surface area contributed by atoms with Crippen LogP contribution < -0.4 is 0 Å². The Kier molecular flexibility index (Phi) is 5.62. The Morgan fingerprint density at radius 1 is 1.14 bits per heavy atom. The highest BCUT2D eigenvalue weighted by molar-refractivity contribution is 5.65.